The normalized spacial score (nSPS) is 15.1. The minimum absolute atomic E-state index is 0.0342. The second-order valence-electron chi connectivity index (χ2n) is 6.72. The van der Waals surface area contributed by atoms with Crippen molar-refractivity contribution in [1.82, 2.24) is 15.0 Å². The molecule has 2 heterocycles. The zero-order chi connectivity index (χ0) is 18.7. The summed E-state index contributed by atoms with van der Waals surface area (Å²) in [5.74, 6) is 0.0852. The molecule has 1 aromatic heterocycles. The van der Waals surface area contributed by atoms with Crippen LogP contribution in [0.25, 0.3) is 0 Å². The van der Waals surface area contributed by atoms with Crippen LogP contribution in [0.4, 0.5) is 5.69 Å². The van der Waals surface area contributed by atoms with Crippen molar-refractivity contribution in [3.05, 3.63) is 46.8 Å². The Bertz CT molecular complexity index is 787. The van der Waals surface area contributed by atoms with Crippen LogP contribution in [0.1, 0.15) is 27.4 Å². The summed E-state index contributed by atoms with van der Waals surface area (Å²) in [4.78, 5) is 28.5. The Hall–Kier alpha value is -2.67. The number of amides is 2. The highest BCUT2D eigenvalue weighted by Crippen LogP contribution is 2.19. The van der Waals surface area contributed by atoms with Crippen LogP contribution in [0.2, 0.25) is 0 Å². The van der Waals surface area contributed by atoms with E-state index in [2.05, 4.69) is 15.4 Å². The Balaban J connectivity index is 1.51. The van der Waals surface area contributed by atoms with Crippen molar-refractivity contribution in [2.75, 3.05) is 38.0 Å². The SMILES string of the molecule is Cc1cc(C(=O)N2CCN(CC(=O)Nc3c(C)cccc3C)CC2)on1. The van der Waals surface area contributed by atoms with Gasteiger partial charge in [-0.2, -0.15) is 0 Å². The van der Waals surface area contributed by atoms with Crippen molar-refractivity contribution in [3.63, 3.8) is 0 Å². The third-order valence-corrected chi connectivity index (χ3v) is 4.61. The summed E-state index contributed by atoms with van der Waals surface area (Å²) >= 11 is 0. The lowest BCUT2D eigenvalue weighted by Crippen LogP contribution is -2.50. The number of rotatable bonds is 4. The zero-order valence-corrected chi connectivity index (χ0v) is 15.4. The fourth-order valence-corrected chi connectivity index (χ4v) is 3.12. The lowest BCUT2D eigenvalue weighted by molar-refractivity contribution is -0.117. The number of nitrogens with one attached hydrogen (secondary N) is 1. The number of nitrogens with zero attached hydrogens (tertiary/aromatic N) is 3. The van der Waals surface area contributed by atoms with Crippen LogP contribution in [0.15, 0.2) is 28.8 Å². The maximum atomic E-state index is 12.4. The number of piperazine rings is 1. The molecular weight excluding hydrogens is 332 g/mol. The molecule has 1 fully saturated rings. The summed E-state index contributed by atoms with van der Waals surface area (Å²) in [7, 11) is 0. The van der Waals surface area contributed by atoms with Crippen LogP contribution in [0.5, 0.6) is 0 Å². The number of hydrogen-bond acceptors (Lipinski definition) is 5. The topological polar surface area (TPSA) is 78.7 Å². The van der Waals surface area contributed by atoms with Gasteiger partial charge in [0.25, 0.3) is 5.91 Å². The second-order valence-corrected chi connectivity index (χ2v) is 6.72. The van der Waals surface area contributed by atoms with Crippen LogP contribution >= 0.6 is 0 Å². The summed E-state index contributed by atoms with van der Waals surface area (Å²) in [6.07, 6.45) is 0. The predicted molar refractivity (Wildman–Crippen MR) is 98.1 cm³/mol. The van der Waals surface area contributed by atoms with Crippen molar-refractivity contribution < 1.29 is 14.1 Å². The zero-order valence-electron chi connectivity index (χ0n) is 15.4. The molecule has 1 N–H and O–H groups in total. The molecule has 3 rings (SSSR count). The first kappa shape index (κ1) is 18.1. The van der Waals surface area contributed by atoms with Gasteiger partial charge in [-0.3, -0.25) is 14.5 Å². The Morgan fingerprint density at radius 2 is 1.77 bits per heavy atom. The monoisotopic (exact) mass is 356 g/mol. The van der Waals surface area contributed by atoms with Crippen LogP contribution in [0, 0.1) is 20.8 Å². The maximum Gasteiger partial charge on any atom is 0.292 e. The van der Waals surface area contributed by atoms with Gasteiger partial charge in [-0.1, -0.05) is 23.4 Å². The van der Waals surface area contributed by atoms with Gasteiger partial charge in [-0.15, -0.1) is 0 Å². The Morgan fingerprint density at radius 3 is 2.35 bits per heavy atom. The number of anilines is 1. The minimum Gasteiger partial charge on any atom is -0.351 e. The molecular formula is C19H24N4O3. The average molecular weight is 356 g/mol. The van der Waals surface area contributed by atoms with E-state index in [0.29, 0.717) is 38.4 Å². The van der Waals surface area contributed by atoms with Crippen molar-refractivity contribution in [2.24, 2.45) is 0 Å². The van der Waals surface area contributed by atoms with Gasteiger partial charge in [-0.05, 0) is 31.9 Å². The molecule has 0 radical (unpaired) electrons. The van der Waals surface area contributed by atoms with E-state index in [9.17, 15) is 9.59 Å². The fraction of sp³-hybridized carbons (Fsp3) is 0.421. The van der Waals surface area contributed by atoms with E-state index in [0.717, 1.165) is 16.8 Å². The van der Waals surface area contributed by atoms with Crippen molar-refractivity contribution in [1.29, 1.82) is 0 Å². The minimum atomic E-state index is -0.148. The molecule has 0 aliphatic carbocycles. The van der Waals surface area contributed by atoms with E-state index < -0.39 is 0 Å². The number of carbonyl (C=O) groups excluding carboxylic acids is 2. The summed E-state index contributed by atoms with van der Waals surface area (Å²) in [6, 6.07) is 7.59. The largest absolute Gasteiger partial charge is 0.351 e. The Morgan fingerprint density at radius 1 is 1.12 bits per heavy atom. The van der Waals surface area contributed by atoms with Gasteiger partial charge < -0.3 is 14.7 Å². The van der Waals surface area contributed by atoms with Gasteiger partial charge in [0.15, 0.2) is 0 Å². The van der Waals surface area contributed by atoms with Crippen molar-refractivity contribution >= 4 is 17.5 Å². The molecule has 0 atom stereocenters. The standard InChI is InChI=1S/C19H24N4O3/c1-13-5-4-6-14(2)18(13)20-17(24)12-22-7-9-23(10-8-22)19(25)16-11-15(3)21-26-16/h4-6,11H,7-10,12H2,1-3H3,(H,20,24). The lowest BCUT2D eigenvalue weighted by Gasteiger charge is -2.33. The van der Waals surface area contributed by atoms with Gasteiger partial charge in [0.1, 0.15) is 0 Å². The predicted octanol–water partition coefficient (Wildman–Crippen LogP) is 2.00. The highest BCUT2D eigenvalue weighted by Gasteiger charge is 2.25. The smallest absolute Gasteiger partial charge is 0.292 e. The van der Waals surface area contributed by atoms with E-state index in [1.807, 2.05) is 32.0 Å². The molecule has 1 aromatic carbocycles. The molecule has 0 saturated carbocycles. The summed E-state index contributed by atoms with van der Waals surface area (Å²) in [5, 5.41) is 6.76. The number of aromatic nitrogens is 1. The average Bonchev–Trinajstić information content (AvgIpc) is 3.05. The molecule has 26 heavy (non-hydrogen) atoms. The summed E-state index contributed by atoms with van der Waals surface area (Å²) in [6.45, 7) is 8.50. The molecule has 1 saturated heterocycles. The highest BCUT2D eigenvalue weighted by molar-refractivity contribution is 5.94. The van der Waals surface area contributed by atoms with E-state index in [-0.39, 0.29) is 17.6 Å². The number of carbonyl (C=O) groups is 2. The molecule has 7 heteroatoms. The van der Waals surface area contributed by atoms with Crippen LogP contribution < -0.4 is 5.32 Å². The molecule has 2 aromatic rings. The van der Waals surface area contributed by atoms with Crippen LogP contribution in [0.3, 0.4) is 0 Å². The van der Waals surface area contributed by atoms with Crippen LogP contribution in [-0.4, -0.2) is 59.5 Å². The summed E-state index contributed by atoms with van der Waals surface area (Å²) in [5.41, 5.74) is 3.68. The molecule has 138 valence electrons. The van der Waals surface area contributed by atoms with Gasteiger partial charge in [0.05, 0.1) is 12.2 Å². The van der Waals surface area contributed by atoms with Crippen molar-refractivity contribution in [2.45, 2.75) is 20.8 Å². The molecule has 2 amide bonds. The van der Waals surface area contributed by atoms with Gasteiger partial charge in [0, 0.05) is 37.9 Å². The quantitative estimate of drug-likeness (QED) is 0.906. The first-order valence-electron chi connectivity index (χ1n) is 8.75. The number of benzene rings is 1. The second kappa shape index (κ2) is 7.70. The lowest BCUT2D eigenvalue weighted by atomic mass is 10.1. The molecule has 0 bridgehead atoms. The Labute approximate surface area is 152 Å². The van der Waals surface area contributed by atoms with E-state index >= 15 is 0 Å². The van der Waals surface area contributed by atoms with Gasteiger partial charge in [0.2, 0.25) is 11.7 Å². The summed E-state index contributed by atoms with van der Waals surface area (Å²) < 4.78 is 5.04. The van der Waals surface area contributed by atoms with E-state index in [4.69, 9.17) is 4.52 Å². The molecule has 1 aliphatic rings. The van der Waals surface area contributed by atoms with Gasteiger partial charge >= 0.3 is 0 Å². The maximum absolute atomic E-state index is 12.4. The van der Waals surface area contributed by atoms with Gasteiger partial charge in [-0.25, -0.2) is 0 Å². The number of hydrogen-bond donors (Lipinski definition) is 1. The molecule has 0 spiro atoms. The molecule has 0 unspecified atom stereocenters. The van der Waals surface area contributed by atoms with E-state index in [1.54, 1.807) is 17.9 Å². The first-order chi connectivity index (χ1) is 12.4. The molecule has 1 aliphatic heterocycles. The fourth-order valence-electron chi connectivity index (χ4n) is 3.12. The highest BCUT2D eigenvalue weighted by atomic mass is 16.5. The number of para-hydroxylation sites is 1. The van der Waals surface area contributed by atoms with Crippen LogP contribution in [-0.2, 0) is 4.79 Å². The van der Waals surface area contributed by atoms with Crippen molar-refractivity contribution in [3.8, 4) is 0 Å². The number of aryl methyl sites for hydroxylation is 3. The first-order valence-corrected chi connectivity index (χ1v) is 8.75. The third kappa shape index (κ3) is 4.11. The molecule has 7 nitrogen and oxygen atoms in total. The van der Waals surface area contributed by atoms with E-state index in [1.165, 1.54) is 0 Å². The Kier molecular flexibility index (Phi) is 5.37. The third-order valence-electron chi connectivity index (χ3n) is 4.61.